The molecule has 0 bridgehead atoms. The number of nitrogens with zero attached hydrogens (tertiary/aromatic N) is 2. The predicted octanol–water partition coefficient (Wildman–Crippen LogP) is 15.8. The molecule has 7 aromatic carbocycles. The third kappa shape index (κ3) is 9.58. The fourth-order valence-electron chi connectivity index (χ4n) is 8.47. The molecule has 0 atom stereocenters. The summed E-state index contributed by atoms with van der Waals surface area (Å²) in [5.74, 6) is 0. The first-order valence-corrected chi connectivity index (χ1v) is 23.5. The highest BCUT2D eigenvalue weighted by molar-refractivity contribution is 6.98. The molecule has 8 aromatic rings. The monoisotopic (exact) mass is 809 g/mol. The Morgan fingerprint density at radius 1 is 0.393 bits per heavy atom. The number of para-hydroxylation sites is 3. The number of aromatic nitrogens is 1. The smallest absolute Gasteiger partial charge is 0.247 e. The zero-order valence-electron chi connectivity index (χ0n) is 40.2. The van der Waals surface area contributed by atoms with Gasteiger partial charge in [-0.1, -0.05) is 242 Å². The molecule has 3 heterocycles. The van der Waals surface area contributed by atoms with Gasteiger partial charge in [-0.25, -0.2) is 0 Å². The molecule has 2 aliphatic rings. The fourth-order valence-corrected chi connectivity index (χ4v) is 8.47. The highest BCUT2D eigenvalue weighted by Gasteiger charge is 2.39. The van der Waals surface area contributed by atoms with E-state index in [2.05, 4.69) is 174 Å². The summed E-state index contributed by atoms with van der Waals surface area (Å²) >= 11 is 0. The van der Waals surface area contributed by atoms with Crippen molar-refractivity contribution in [3.8, 4) is 27.9 Å². The summed E-state index contributed by atoms with van der Waals surface area (Å²) in [6.45, 7) is 28.2. The van der Waals surface area contributed by atoms with Crippen LogP contribution in [-0.4, -0.2) is 18.3 Å². The van der Waals surface area contributed by atoms with Crippen LogP contribution in [0.4, 0.5) is 11.4 Å². The Balaban J connectivity index is 0.000000649. The summed E-state index contributed by atoms with van der Waals surface area (Å²) in [6, 6.07) is 58.3. The number of hydrogen-bond acceptors (Lipinski definition) is 1. The van der Waals surface area contributed by atoms with E-state index in [0.29, 0.717) is 0 Å². The van der Waals surface area contributed by atoms with Crippen LogP contribution < -0.4 is 21.3 Å². The summed E-state index contributed by atoms with van der Waals surface area (Å²) in [5, 5.41) is 2.54. The van der Waals surface area contributed by atoms with Crippen molar-refractivity contribution in [3.63, 3.8) is 0 Å². The van der Waals surface area contributed by atoms with E-state index in [9.17, 15) is 0 Å². The lowest BCUT2D eigenvalue weighted by molar-refractivity contribution is 1.12. The first-order valence-electron chi connectivity index (χ1n) is 23.5. The zero-order valence-corrected chi connectivity index (χ0v) is 40.2. The van der Waals surface area contributed by atoms with Crippen LogP contribution in [0.5, 0.6) is 0 Å². The largest absolute Gasteiger partial charge is 0.345 e. The number of fused-ring (bicyclic) bond motifs is 7. The molecular weight excluding hydrogens is 735 g/mol. The van der Waals surface area contributed by atoms with Gasteiger partial charge in [0.1, 0.15) is 0 Å². The fraction of sp³-hybridized carbons (Fsp3) is 0.276. The van der Waals surface area contributed by atoms with Crippen LogP contribution in [-0.2, 0) is 6.42 Å². The first kappa shape index (κ1) is 49.6. The van der Waals surface area contributed by atoms with Crippen molar-refractivity contribution >= 4 is 56.3 Å². The highest BCUT2D eigenvalue weighted by Crippen LogP contribution is 2.43. The summed E-state index contributed by atoms with van der Waals surface area (Å²) in [7, 11) is 2.24. The van der Waals surface area contributed by atoms with Gasteiger partial charge in [-0.15, -0.1) is 0 Å². The van der Waals surface area contributed by atoms with E-state index in [4.69, 9.17) is 0 Å². The second kappa shape index (κ2) is 25.1. The average Bonchev–Trinajstić information content (AvgIpc) is 3.72. The van der Waals surface area contributed by atoms with E-state index in [1.165, 1.54) is 88.6 Å². The third-order valence-corrected chi connectivity index (χ3v) is 10.5. The van der Waals surface area contributed by atoms with Crippen LogP contribution in [0, 0.1) is 0 Å². The van der Waals surface area contributed by atoms with Crippen molar-refractivity contribution in [3.05, 3.63) is 169 Å². The quantitative estimate of drug-likeness (QED) is 0.161. The molecule has 0 fully saturated rings. The maximum Gasteiger partial charge on any atom is 0.247 e. The minimum Gasteiger partial charge on any atom is -0.345 e. The summed E-state index contributed by atoms with van der Waals surface area (Å²) in [5.41, 5.74) is 18.3. The normalized spacial score (nSPS) is 10.7. The van der Waals surface area contributed by atoms with Gasteiger partial charge in [0.2, 0.25) is 6.71 Å². The molecule has 0 radical (unpaired) electrons. The van der Waals surface area contributed by atoms with E-state index in [1.54, 1.807) is 0 Å². The van der Waals surface area contributed by atoms with Gasteiger partial charge in [-0.05, 0) is 57.8 Å². The molecule has 61 heavy (non-hydrogen) atoms. The lowest BCUT2D eigenvalue weighted by Gasteiger charge is -2.39. The van der Waals surface area contributed by atoms with Gasteiger partial charge in [0, 0.05) is 46.0 Å². The van der Waals surface area contributed by atoms with Crippen molar-refractivity contribution in [1.29, 1.82) is 0 Å². The molecule has 1 aromatic heterocycles. The van der Waals surface area contributed by atoms with Crippen LogP contribution >= 0.6 is 0 Å². The molecular formula is C58H73BN2. The van der Waals surface area contributed by atoms with Crippen molar-refractivity contribution in [2.75, 3.05) is 11.9 Å². The lowest BCUT2D eigenvalue weighted by atomic mass is 9.32. The van der Waals surface area contributed by atoms with Crippen LogP contribution in [0.3, 0.4) is 0 Å². The number of benzene rings is 7. The molecule has 2 aliphatic heterocycles. The molecule has 0 saturated heterocycles. The molecule has 0 aliphatic carbocycles. The van der Waals surface area contributed by atoms with Gasteiger partial charge >= 0.3 is 0 Å². The summed E-state index contributed by atoms with van der Waals surface area (Å²) in [6.07, 6.45) is 0.924. The van der Waals surface area contributed by atoms with E-state index < -0.39 is 0 Å². The summed E-state index contributed by atoms with van der Waals surface area (Å²) in [4.78, 5) is 2.42. The Bertz CT molecular complexity index is 2420. The van der Waals surface area contributed by atoms with Crippen LogP contribution in [0.2, 0.25) is 0 Å². The standard InChI is InChI=1S/C44H31BN2.7C2H6/c1-46-40-25-11-10-24-39(40)45-38-23-9-8-18-31(38)26-32-27-33(28-41(46)42(32)45)47-43-34(29-14-4-2-5-15-29)19-12-21-36(43)37-22-13-20-35(44(37)47)30-16-6-3-7-17-30;7*1-2/h2-25,27-28H,26H2,1H3;7*1-2H3. The van der Waals surface area contributed by atoms with Crippen LogP contribution in [0.1, 0.15) is 108 Å². The predicted molar refractivity (Wildman–Crippen MR) is 279 cm³/mol. The molecule has 0 spiro atoms. The highest BCUT2D eigenvalue weighted by atomic mass is 15.1. The van der Waals surface area contributed by atoms with Gasteiger partial charge in [-0.3, -0.25) is 0 Å². The SMILES string of the molecule is CC.CC.CC.CC.CC.CC.CC.CN1c2ccccc2B2c3ccccc3Cc3cc(-n4c5c(-c6ccccc6)cccc5c5cccc(-c6ccccc6)c54)cc1c32. The molecule has 318 valence electrons. The Hall–Kier alpha value is -5.80. The Morgan fingerprint density at radius 3 is 1.34 bits per heavy atom. The second-order valence-electron chi connectivity index (χ2n) is 12.9. The van der Waals surface area contributed by atoms with E-state index >= 15 is 0 Å². The van der Waals surface area contributed by atoms with Crippen molar-refractivity contribution in [1.82, 2.24) is 4.57 Å². The Kier molecular flexibility index (Phi) is 20.4. The Morgan fingerprint density at radius 2 is 0.836 bits per heavy atom. The summed E-state index contributed by atoms with van der Waals surface area (Å²) < 4.78 is 2.57. The topological polar surface area (TPSA) is 8.17 Å². The van der Waals surface area contributed by atoms with E-state index in [0.717, 1.165) is 6.42 Å². The van der Waals surface area contributed by atoms with Crippen LogP contribution in [0.15, 0.2) is 158 Å². The molecule has 0 saturated carbocycles. The molecule has 0 N–H and O–H groups in total. The average molecular weight is 809 g/mol. The maximum absolute atomic E-state index is 2.57. The van der Waals surface area contributed by atoms with Gasteiger partial charge < -0.3 is 9.47 Å². The van der Waals surface area contributed by atoms with Gasteiger partial charge in [-0.2, -0.15) is 0 Å². The number of anilines is 2. The maximum atomic E-state index is 2.57. The van der Waals surface area contributed by atoms with Crippen molar-refractivity contribution < 1.29 is 0 Å². The van der Waals surface area contributed by atoms with Gasteiger partial charge in [0.15, 0.2) is 0 Å². The van der Waals surface area contributed by atoms with Crippen molar-refractivity contribution in [2.24, 2.45) is 0 Å². The van der Waals surface area contributed by atoms with E-state index in [-0.39, 0.29) is 6.71 Å². The van der Waals surface area contributed by atoms with Crippen molar-refractivity contribution in [2.45, 2.75) is 103 Å². The molecule has 2 nitrogen and oxygen atoms in total. The number of rotatable bonds is 3. The first-order chi connectivity index (χ1) is 30.3. The number of hydrogen-bond donors (Lipinski definition) is 0. The molecule has 0 unspecified atom stereocenters. The zero-order chi connectivity index (χ0) is 45.1. The molecule has 0 amide bonds. The Labute approximate surface area is 371 Å². The molecule has 10 rings (SSSR count). The third-order valence-electron chi connectivity index (χ3n) is 10.5. The minimum atomic E-state index is 0.226. The second-order valence-corrected chi connectivity index (χ2v) is 12.9. The lowest BCUT2D eigenvalue weighted by Crippen LogP contribution is -2.61. The van der Waals surface area contributed by atoms with Gasteiger partial charge in [0.05, 0.1) is 11.0 Å². The van der Waals surface area contributed by atoms with Gasteiger partial charge in [0.25, 0.3) is 0 Å². The minimum absolute atomic E-state index is 0.226. The van der Waals surface area contributed by atoms with E-state index in [1.807, 2.05) is 96.9 Å². The molecule has 3 heteroatoms. The van der Waals surface area contributed by atoms with Crippen LogP contribution in [0.25, 0.3) is 49.7 Å².